The molecule has 0 unspecified atom stereocenters. The van der Waals surface area contributed by atoms with Gasteiger partial charge in [-0.2, -0.15) is 0 Å². The third-order valence-corrected chi connectivity index (χ3v) is 5.09. The molecule has 1 aromatic carbocycles. The number of carbonyl (C=O) groups excluding carboxylic acids is 1. The molecule has 1 N–H and O–H groups in total. The number of rotatable bonds is 4. The van der Waals surface area contributed by atoms with Gasteiger partial charge in [0.15, 0.2) is 0 Å². The molecule has 0 aliphatic carbocycles. The number of thiophene rings is 1. The molecule has 1 aromatic heterocycles. The number of nitrogens with one attached hydrogen (secondary N) is 1. The number of halogens is 1. The summed E-state index contributed by atoms with van der Waals surface area (Å²) in [7, 11) is 0. The van der Waals surface area contributed by atoms with E-state index in [4.69, 9.17) is 0 Å². The number of benzene rings is 1. The summed E-state index contributed by atoms with van der Waals surface area (Å²) in [6.07, 6.45) is 1.04. The van der Waals surface area contributed by atoms with Gasteiger partial charge in [-0.3, -0.25) is 4.79 Å². The molecule has 0 aliphatic rings. The summed E-state index contributed by atoms with van der Waals surface area (Å²) in [5.74, 6) is -0.0229. The Labute approximate surface area is 126 Å². The zero-order valence-corrected chi connectivity index (χ0v) is 13.4. The van der Waals surface area contributed by atoms with E-state index < -0.39 is 0 Å². The lowest BCUT2D eigenvalue weighted by Gasteiger charge is -2.08. The van der Waals surface area contributed by atoms with E-state index in [0.717, 1.165) is 22.0 Å². The van der Waals surface area contributed by atoms with Crippen LogP contribution in [0, 0.1) is 6.92 Å². The fourth-order valence-corrected chi connectivity index (χ4v) is 3.09. The molecule has 4 heteroatoms. The largest absolute Gasteiger partial charge is 0.347 e. The second-order valence-corrected chi connectivity index (χ2v) is 6.42. The molecule has 1 heterocycles. The molecular weight excluding hydrogens is 322 g/mol. The Morgan fingerprint density at radius 2 is 2.00 bits per heavy atom. The van der Waals surface area contributed by atoms with Gasteiger partial charge in [0.05, 0.1) is 6.54 Å². The molecule has 0 spiro atoms. The summed E-state index contributed by atoms with van der Waals surface area (Å²) in [4.78, 5) is 14.7. The first-order chi connectivity index (χ1) is 9.11. The van der Waals surface area contributed by atoms with Crippen LogP contribution in [0.5, 0.6) is 0 Å². The molecular formula is C15H16BrNOS. The van der Waals surface area contributed by atoms with Crippen molar-refractivity contribution in [3.63, 3.8) is 0 Å². The number of hydrogen-bond donors (Lipinski definition) is 1. The molecule has 0 saturated carbocycles. The lowest BCUT2D eigenvalue weighted by atomic mass is 10.1. The second-order valence-electron chi connectivity index (χ2n) is 4.32. The van der Waals surface area contributed by atoms with Crippen LogP contribution in [-0.4, -0.2) is 5.91 Å². The van der Waals surface area contributed by atoms with Crippen molar-refractivity contribution in [3.05, 3.63) is 55.7 Å². The van der Waals surface area contributed by atoms with Crippen molar-refractivity contribution in [2.24, 2.45) is 0 Å². The van der Waals surface area contributed by atoms with Gasteiger partial charge in [0.25, 0.3) is 5.91 Å². The summed E-state index contributed by atoms with van der Waals surface area (Å²) >= 11 is 5.20. The van der Waals surface area contributed by atoms with Crippen LogP contribution in [0.2, 0.25) is 0 Å². The van der Waals surface area contributed by atoms with Crippen molar-refractivity contribution in [1.82, 2.24) is 5.32 Å². The predicted molar refractivity (Wildman–Crippen MR) is 83.7 cm³/mol. The van der Waals surface area contributed by atoms with E-state index in [1.807, 2.05) is 25.1 Å². The molecule has 2 aromatic rings. The average molecular weight is 338 g/mol. The fraction of sp³-hybridized carbons (Fsp3) is 0.267. The smallest absolute Gasteiger partial charge is 0.251 e. The van der Waals surface area contributed by atoms with E-state index in [2.05, 4.69) is 40.3 Å². The Morgan fingerprint density at radius 3 is 2.68 bits per heavy atom. The molecule has 2 nitrogen and oxygen atoms in total. The summed E-state index contributed by atoms with van der Waals surface area (Å²) in [6, 6.07) is 9.88. The Morgan fingerprint density at radius 1 is 1.26 bits per heavy atom. The first kappa shape index (κ1) is 14.3. The molecule has 0 atom stereocenters. The molecule has 0 fully saturated rings. The molecule has 0 saturated heterocycles. The van der Waals surface area contributed by atoms with Crippen LogP contribution in [0.25, 0.3) is 0 Å². The fourth-order valence-electron chi connectivity index (χ4n) is 1.82. The maximum atomic E-state index is 12.1. The highest BCUT2D eigenvalue weighted by Gasteiger charge is 2.10. The first-order valence-corrected chi connectivity index (χ1v) is 7.83. The first-order valence-electron chi connectivity index (χ1n) is 6.22. The highest BCUT2D eigenvalue weighted by Crippen LogP contribution is 2.20. The number of amides is 1. The van der Waals surface area contributed by atoms with Crippen molar-refractivity contribution >= 4 is 33.2 Å². The Balaban J connectivity index is 2.03. The highest BCUT2D eigenvalue weighted by atomic mass is 79.9. The SMILES string of the molecule is CCc1ccc(CNC(=O)c2cccc(Br)c2C)s1. The maximum Gasteiger partial charge on any atom is 0.251 e. The van der Waals surface area contributed by atoms with E-state index in [0.29, 0.717) is 6.54 Å². The van der Waals surface area contributed by atoms with Gasteiger partial charge in [-0.1, -0.05) is 28.9 Å². The maximum absolute atomic E-state index is 12.1. The summed E-state index contributed by atoms with van der Waals surface area (Å²) in [5.41, 5.74) is 1.70. The van der Waals surface area contributed by atoms with Crippen LogP contribution in [0.4, 0.5) is 0 Å². The van der Waals surface area contributed by atoms with Gasteiger partial charge in [0, 0.05) is 19.8 Å². The molecule has 0 bridgehead atoms. The van der Waals surface area contributed by atoms with E-state index in [1.54, 1.807) is 11.3 Å². The van der Waals surface area contributed by atoms with Gasteiger partial charge in [-0.25, -0.2) is 0 Å². The lowest BCUT2D eigenvalue weighted by Crippen LogP contribution is -2.23. The van der Waals surface area contributed by atoms with Crippen LogP contribution < -0.4 is 5.32 Å². The van der Waals surface area contributed by atoms with Gasteiger partial charge in [-0.15, -0.1) is 11.3 Å². The topological polar surface area (TPSA) is 29.1 Å². The molecule has 19 heavy (non-hydrogen) atoms. The third-order valence-electron chi connectivity index (χ3n) is 3.00. The van der Waals surface area contributed by atoms with Crippen LogP contribution in [0.3, 0.4) is 0 Å². The zero-order valence-electron chi connectivity index (χ0n) is 11.0. The van der Waals surface area contributed by atoms with Crippen molar-refractivity contribution in [2.45, 2.75) is 26.8 Å². The molecule has 0 radical (unpaired) electrons. The minimum absolute atomic E-state index is 0.0229. The molecule has 0 aliphatic heterocycles. The monoisotopic (exact) mass is 337 g/mol. The third kappa shape index (κ3) is 3.45. The van der Waals surface area contributed by atoms with E-state index >= 15 is 0 Å². The van der Waals surface area contributed by atoms with Crippen molar-refractivity contribution in [3.8, 4) is 0 Å². The van der Waals surface area contributed by atoms with Crippen molar-refractivity contribution in [1.29, 1.82) is 0 Å². The van der Waals surface area contributed by atoms with Crippen LogP contribution >= 0.6 is 27.3 Å². The predicted octanol–water partition coefficient (Wildman–Crippen LogP) is 4.31. The summed E-state index contributed by atoms with van der Waals surface area (Å²) < 4.78 is 0.963. The average Bonchev–Trinajstić information content (AvgIpc) is 2.87. The van der Waals surface area contributed by atoms with E-state index in [9.17, 15) is 4.79 Å². The van der Waals surface area contributed by atoms with E-state index in [-0.39, 0.29) is 5.91 Å². The minimum atomic E-state index is -0.0229. The van der Waals surface area contributed by atoms with Crippen LogP contribution in [-0.2, 0) is 13.0 Å². The molecule has 100 valence electrons. The normalized spacial score (nSPS) is 10.5. The summed E-state index contributed by atoms with van der Waals surface area (Å²) in [5, 5.41) is 2.97. The van der Waals surface area contributed by atoms with Crippen LogP contribution in [0.15, 0.2) is 34.8 Å². The standard InChI is InChI=1S/C15H16BrNOS/c1-3-11-7-8-12(19-11)9-17-15(18)13-5-4-6-14(16)10(13)2/h4-8H,3,9H2,1-2H3,(H,17,18). The molecule has 1 amide bonds. The Hall–Kier alpha value is -1.13. The number of hydrogen-bond acceptors (Lipinski definition) is 2. The van der Waals surface area contributed by atoms with Crippen LogP contribution in [0.1, 0.15) is 32.6 Å². The Kier molecular flexibility index (Phi) is 4.77. The van der Waals surface area contributed by atoms with Gasteiger partial charge >= 0.3 is 0 Å². The molecule has 2 rings (SSSR count). The Bertz CT molecular complexity index is 592. The number of aryl methyl sites for hydroxylation is 1. The zero-order chi connectivity index (χ0) is 13.8. The minimum Gasteiger partial charge on any atom is -0.347 e. The quantitative estimate of drug-likeness (QED) is 0.884. The van der Waals surface area contributed by atoms with Crippen molar-refractivity contribution < 1.29 is 4.79 Å². The number of carbonyl (C=O) groups is 1. The highest BCUT2D eigenvalue weighted by molar-refractivity contribution is 9.10. The van der Waals surface area contributed by atoms with Gasteiger partial charge in [0.1, 0.15) is 0 Å². The van der Waals surface area contributed by atoms with Gasteiger partial charge in [0.2, 0.25) is 0 Å². The second kappa shape index (κ2) is 6.35. The van der Waals surface area contributed by atoms with Crippen molar-refractivity contribution in [2.75, 3.05) is 0 Å². The lowest BCUT2D eigenvalue weighted by molar-refractivity contribution is 0.0950. The van der Waals surface area contributed by atoms with E-state index in [1.165, 1.54) is 9.75 Å². The van der Waals surface area contributed by atoms with Gasteiger partial charge < -0.3 is 5.32 Å². The van der Waals surface area contributed by atoms with Gasteiger partial charge in [-0.05, 0) is 43.2 Å². The summed E-state index contributed by atoms with van der Waals surface area (Å²) in [6.45, 7) is 4.67.